The SMILES string of the molecule is FC(F)(F)Oc1ccc(Cc2ccccc2-c2nnn(CCN3CCOCC3)n2)cc1. The van der Waals surface area contributed by atoms with Gasteiger partial charge in [0.2, 0.25) is 5.82 Å². The van der Waals surface area contributed by atoms with Gasteiger partial charge in [-0.05, 0) is 34.9 Å². The van der Waals surface area contributed by atoms with Gasteiger partial charge in [0.1, 0.15) is 5.75 Å². The molecule has 164 valence electrons. The van der Waals surface area contributed by atoms with Gasteiger partial charge in [0, 0.05) is 25.2 Å². The van der Waals surface area contributed by atoms with Crippen molar-refractivity contribution in [1.29, 1.82) is 0 Å². The van der Waals surface area contributed by atoms with Crippen molar-refractivity contribution in [2.24, 2.45) is 0 Å². The highest BCUT2D eigenvalue weighted by atomic mass is 19.4. The minimum atomic E-state index is -4.70. The quantitative estimate of drug-likeness (QED) is 0.570. The van der Waals surface area contributed by atoms with Crippen molar-refractivity contribution in [1.82, 2.24) is 25.1 Å². The molecule has 3 aromatic rings. The Morgan fingerprint density at radius 1 is 0.968 bits per heavy atom. The Kier molecular flexibility index (Phi) is 6.47. The number of ether oxygens (including phenoxy) is 2. The molecule has 0 radical (unpaired) electrons. The molecule has 1 saturated heterocycles. The van der Waals surface area contributed by atoms with Crippen LogP contribution in [0.5, 0.6) is 5.75 Å². The predicted molar refractivity (Wildman–Crippen MR) is 106 cm³/mol. The monoisotopic (exact) mass is 433 g/mol. The fraction of sp³-hybridized carbons (Fsp3) is 0.381. The molecule has 0 saturated carbocycles. The fourth-order valence-electron chi connectivity index (χ4n) is 3.42. The second-order valence-corrected chi connectivity index (χ2v) is 7.19. The van der Waals surface area contributed by atoms with E-state index in [2.05, 4.69) is 25.0 Å². The fourth-order valence-corrected chi connectivity index (χ4v) is 3.42. The molecule has 1 fully saturated rings. The van der Waals surface area contributed by atoms with Crippen LogP contribution in [0.1, 0.15) is 11.1 Å². The smallest absolute Gasteiger partial charge is 0.406 e. The van der Waals surface area contributed by atoms with Gasteiger partial charge in [-0.3, -0.25) is 4.90 Å². The summed E-state index contributed by atoms with van der Waals surface area (Å²) in [7, 11) is 0. The number of morpholine rings is 1. The lowest BCUT2D eigenvalue weighted by Crippen LogP contribution is -2.38. The average molecular weight is 433 g/mol. The average Bonchev–Trinajstić information content (AvgIpc) is 3.23. The van der Waals surface area contributed by atoms with E-state index in [4.69, 9.17) is 4.74 Å². The summed E-state index contributed by atoms with van der Waals surface area (Å²) in [5.41, 5.74) is 2.65. The van der Waals surface area contributed by atoms with E-state index in [9.17, 15) is 13.2 Å². The lowest BCUT2D eigenvalue weighted by molar-refractivity contribution is -0.274. The van der Waals surface area contributed by atoms with Gasteiger partial charge in [0.25, 0.3) is 0 Å². The zero-order valence-corrected chi connectivity index (χ0v) is 16.8. The molecule has 0 unspecified atom stereocenters. The maximum atomic E-state index is 12.3. The van der Waals surface area contributed by atoms with Crippen LogP contribution in [0.15, 0.2) is 48.5 Å². The summed E-state index contributed by atoms with van der Waals surface area (Å²) in [5, 5.41) is 12.9. The summed E-state index contributed by atoms with van der Waals surface area (Å²) in [6.45, 7) is 4.75. The standard InChI is InChI=1S/C21H22F3N5O2/c22-21(23,24)31-18-7-5-16(6-8-18)15-17-3-1-2-4-19(17)20-25-27-29(26-20)10-9-28-11-13-30-14-12-28/h1-8H,9-15H2. The van der Waals surface area contributed by atoms with Crippen molar-refractivity contribution in [3.05, 3.63) is 59.7 Å². The zero-order valence-electron chi connectivity index (χ0n) is 16.8. The number of hydrogen-bond acceptors (Lipinski definition) is 6. The van der Waals surface area contributed by atoms with Gasteiger partial charge in [0.05, 0.1) is 19.8 Å². The maximum Gasteiger partial charge on any atom is 0.573 e. The number of nitrogens with zero attached hydrogens (tertiary/aromatic N) is 5. The predicted octanol–water partition coefficient (Wildman–Crippen LogP) is 3.16. The summed E-state index contributed by atoms with van der Waals surface area (Å²) >= 11 is 0. The third-order valence-corrected chi connectivity index (χ3v) is 4.98. The Hall–Kier alpha value is -2.98. The van der Waals surface area contributed by atoms with Crippen molar-refractivity contribution in [3.63, 3.8) is 0 Å². The van der Waals surface area contributed by atoms with Gasteiger partial charge in [-0.1, -0.05) is 36.4 Å². The van der Waals surface area contributed by atoms with E-state index in [1.165, 1.54) is 12.1 Å². The Bertz CT molecular complexity index is 985. The van der Waals surface area contributed by atoms with Crippen LogP contribution in [0.3, 0.4) is 0 Å². The topological polar surface area (TPSA) is 65.3 Å². The van der Waals surface area contributed by atoms with Gasteiger partial charge in [-0.15, -0.1) is 23.4 Å². The van der Waals surface area contributed by atoms with Gasteiger partial charge in [-0.2, -0.15) is 4.80 Å². The molecule has 0 amide bonds. The molecule has 0 atom stereocenters. The minimum absolute atomic E-state index is 0.241. The second-order valence-electron chi connectivity index (χ2n) is 7.19. The first kappa shape index (κ1) is 21.3. The summed E-state index contributed by atoms with van der Waals surface area (Å²) in [4.78, 5) is 3.89. The Morgan fingerprint density at radius 3 is 2.45 bits per heavy atom. The number of rotatable bonds is 7. The highest BCUT2D eigenvalue weighted by Gasteiger charge is 2.30. The third kappa shape index (κ3) is 6.02. The van der Waals surface area contributed by atoms with Gasteiger partial charge >= 0.3 is 6.36 Å². The lowest BCUT2D eigenvalue weighted by atomic mass is 9.99. The number of alkyl halides is 3. The molecule has 10 heteroatoms. The number of aromatic nitrogens is 4. The molecule has 2 aromatic carbocycles. The first-order valence-corrected chi connectivity index (χ1v) is 9.97. The van der Waals surface area contributed by atoms with Gasteiger partial charge in [0.15, 0.2) is 0 Å². The molecule has 1 aliphatic rings. The van der Waals surface area contributed by atoms with E-state index < -0.39 is 6.36 Å². The normalized spacial score (nSPS) is 15.2. The second kappa shape index (κ2) is 9.44. The van der Waals surface area contributed by atoms with Crippen LogP contribution in [0, 0.1) is 0 Å². The molecule has 4 rings (SSSR count). The molecule has 31 heavy (non-hydrogen) atoms. The molecule has 0 spiro atoms. The molecule has 1 aliphatic heterocycles. The highest BCUT2D eigenvalue weighted by molar-refractivity contribution is 5.60. The van der Waals surface area contributed by atoms with Crippen LogP contribution in [0.4, 0.5) is 13.2 Å². The number of halogens is 3. The van der Waals surface area contributed by atoms with Crippen molar-refractivity contribution in [2.45, 2.75) is 19.3 Å². The first-order valence-electron chi connectivity index (χ1n) is 9.97. The zero-order chi connectivity index (χ0) is 21.7. The highest BCUT2D eigenvalue weighted by Crippen LogP contribution is 2.25. The Morgan fingerprint density at radius 2 is 1.71 bits per heavy atom. The summed E-state index contributed by atoms with van der Waals surface area (Å²) in [6.07, 6.45) is -4.18. The number of tetrazole rings is 1. The van der Waals surface area contributed by atoms with Crippen molar-refractivity contribution < 1.29 is 22.6 Å². The third-order valence-electron chi connectivity index (χ3n) is 4.98. The molecular formula is C21H22F3N5O2. The van der Waals surface area contributed by atoms with Crippen LogP contribution in [-0.2, 0) is 17.7 Å². The lowest BCUT2D eigenvalue weighted by Gasteiger charge is -2.25. The van der Waals surface area contributed by atoms with E-state index in [1.54, 1.807) is 16.9 Å². The van der Waals surface area contributed by atoms with Crippen molar-refractivity contribution in [3.8, 4) is 17.1 Å². The van der Waals surface area contributed by atoms with Crippen LogP contribution in [-0.4, -0.2) is 64.3 Å². The molecule has 0 bridgehead atoms. The van der Waals surface area contributed by atoms with E-state index in [0.717, 1.165) is 49.5 Å². The summed E-state index contributed by atoms with van der Waals surface area (Å²) in [5.74, 6) is 0.281. The first-order chi connectivity index (χ1) is 15.0. The van der Waals surface area contributed by atoms with Gasteiger partial charge < -0.3 is 9.47 Å². The van der Waals surface area contributed by atoms with Crippen LogP contribution < -0.4 is 4.74 Å². The van der Waals surface area contributed by atoms with Crippen LogP contribution in [0.25, 0.3) is 11.4 Å². The Labute approximate surface area is 177 Å². The van der Waals surface area contributed by atoms with E-state index in [-0.39, 0.29) is 5.75 Å². The molecular weight excluding hydrogens is 411 g/mol. The Balaban J connectivity index is 1.43. The molecule has 7 nitrogen and oxygen atoms in total. The van der Waals surface area contributed by atoms with Crippen molar-refractivity contribution in [2.75, 3.05) is 32.8 Å². The number of benzene rings is 2. The van der Waals surface area contributed by atoms with Crippen molar-refractivity contribution >= 4 is 0 Å². The van der Waals surface area contributed by atoms with Gasteiger partial charge in [-0.25, -0.2) is 0 Å². The van der Waals surface area contributed by atoms with E-state index >= 15 is 0 Å². The summed E-state index contributed by atoms with van der Waals surface area (Å²) < 4.78 is 46.3. The molecule has 0 N–H and O–H groups in total. The molecule has 2 heterocycles. The molecule has 1 aromatic heterocycles. The van der Waals surface area contributed by atoms with E-state index in [1.807, 2.05) is 24.3 Å². The number of hydrogen-bond donors (Lipinski definition) is 0. The maximum absolute atomic E-state index is 12.3. The van der Waals surface area contributed by atoms with Crippen LogP contribution in [0.2, 0.25) is 0 Å². The summed E-state index contributed by atoms with van der Waals surface area (Å²) in [6, 6.07) is 13.5. The minimum Gasteiger partial charge on any atom is -0.406 e. The van der Waals surface area contributed by atoms with Crippen LogP contribution >= 0.6 is 0 Å². The van der Waals surface area contributed by atoms with E-state index in [0.29, 0.717) is 18.8 Å². The molecule has 0 aliphatic carbocycles. The largest absolute Gasteiger partial charge is 0.573 e.